The average Bonchev–Trinajstić information content (AvgIpc) is 2.02. The normalized spacial score (nSPS) is 20.5. The lowest BCUT2D eigenvalue weighted by molar-refractivity contribution is 0.395. The van der Waals surface area contributed by atoms with Gasteiger partial charge < -0.3 is 0 Å². The molecular formula is C11H25BIP. The summed E-state index contributed by atoms with van der Waals surface area (Å²) in [5.74, 6) is 0.768. The summed E-state index contributed by atoms with van der Waals surface area (Å²) in [6, 6.07) is 0. The van der Waals surface area contributed by atoms with Crippen molar-refractivity contribution in [3.63, 3.8) is 0 Å². The molecule has 3 unspecified atom stereocenters. The standard InChI is InChI=1S/C11H25BIP/c1-5-7-11(12,14)8-10(13,6-2)9(3)4/h9H,5-8,12,14H2,1-4H3. The Kier molecular flexibility index (Phi) is 6.61. The lowest BCUT2D eigenvalue weighted by Crippen LogP contribution is -2.37. The summed E-state index contributed by atoms with van der Waals surface area (Å²) in [7, 11) is 5.45. The van der Waals surface area contributed by atoms with Crippen LogP contribution in [-0.4, -0.2) is 16.3 Å². The van der Waals surface area contributed by atoms with Crippen molar-refractivity contribution in [3.05, 3.63) is 0 Å². The van der Waals surface area contributed by atoms with Crippen LogP contribution in [0.4, 0.5) is 0 Å². The lowest BCUT2D eigenvalue weighted by Gasteiger charge is -2.38. The number of halogens is 1. The van der Waals surface area contributed by atoms with Gasteiger partial charge >= 0.3 is 0 Å². The van der Waals surface area contributed by atoms with Gasteiger partial charge in [-0.25, -0.2) is 0 Å². The summed E-state index contributed by atoms with van der Waals surface area (Å²) >= 11 is 2.68. The van der Waals surface area contributed by atoms with E-state index in [1.54, 1.807) is 0 Å². The quantitative estimate of drug-likeness (QED) is 0.303. The molecule has 0 heterocycles. The van der Waals surface area contributed by atoms with Crippen molar-refractivity contribution < 1.29 is 0 Å². The first-order valence-electron chi connectivity index (χ1n) is 5.75. The lowest BCUT2D eigenvalue weighted by atomic mass is 9.72. The fraction of sp³-hybridized carbons (Fsp3) is 1.00. The van der Waals surface area contributed by atoms with Crippen LogP contribution in [0.1, 0.15) is 53.4 Å². The molecule has 14 heavy (non-hydrogen) atoms. The Morgan fingerprint density at radius 3 is 2.14 bits per heavy atom. The van der Waals surface area contributed by atoms with E-state index in [4.69, 9.17) is 0 Å². The zero-order valence-corrected chi connectivity index (χ0v) is 13.7. The first-order valence-corrected chi connectivity index (χ1v) is 7.41. The van der Waals surface area contributed by atoms with Crippen LogP contribution in [0.5, 0.6) is 0 Å². The Hall–Kier alpha value is 1.22. The van der Waals surface area contributed by atoms with Crippen LogP contribution >= 0.6 is 31.8 Å². The smallest absolute Gasteiger partial charge is 0.114 e. The van der Waals surface area contributed by atoms with Crippen molar-refractivity contribution >= 4 is 39.7 Å². The van der Waals surface area contributed by atoms with E-state index < -0.39 is 0 Å². The van der Waals surface area contributed by atoms with Gasteiger partial charge in [-0.05, 0) is 23.8 Å². The molecular weight excluding hydrogens is 301 g/mol. The van der Waals surface area contributed by atoms with Gasteiger partial charge in [-0.2, -0.15) is 0 Å². The summed E-state index contributed by atoms with van der Waals surface area (Å²) in [6.07, 6.45) is 5.19. The predicted molar refractivity (Wildman–Crippen MR) is 82.4 cm³/mol. The molecule has 0 aliphatic carbocycles. The van der Waals surface area contributed by atoms with E-state index in [0.717, 1.165) is 5.92 Å². The molecule has 0 fully saturated rings. The molecule has 0 aromatic heterocycles. The molecule has 3 atom stereocenters. The van der Waals surface area contributed by atoms with Gasteiger partial charge in [0.25, 0.3) is 0 Å². The molecule has 0 bridgehead atoms. The molecule has 0 aromatic carbocycles. The Morgan fingerprint density at radius 1 is 1.36 bits per heavy atom. The van der Waals surface area contributed by atoms with Gasteiger partial charge in [0.05, 0.1) is 0 Å². The Balaban J connectivity index is 4.44. The van der Waals surface area contributed by atoms with E-state index in [2.05, 4.69) is 67.4 Å². The SMILES string of the molecule is BC(P)(CCC)CC(I)(CC)C(C)C. The van der Waals surface area contributed by atoms with Gasteiger partial charge in [0.15, 0.2) is 0 Å². The molecule has 0 aromatic rings. The van der Waals surface area contributed by atoms with Crippen LogP contribution in [0, 0.1) is 5.92 Å². The maximum Gasteiger partial charge on any atom is 0.114 e. The Morgan fingerprint density at radius 2 is 1.86 bits per heavy atom. The van der Waals surface area contributed by atoms with Crippen molar-refractivity contribution in [3.8, 4) is 0 Å². The summed E-state index contributed by atoms with van der Waals surface area (Å²) in [6.45, 7) is 9.29. The van der Waals surface area contributed by atoms with E-state index in [9.17, 15) is 0 Å². The van der Waals surface area contributed by atoms with Gasteiger partial charge in [0.2, 0.25) is 0 Å². The largest absolute Gasteiger partial charge is 0.139 e. The number of hydrogen-bond donors (Lipinski definition) is 0. The monoisotopic (exact) mass is 326 g/mol. The van der Waals surface area contributed by atoms with Crippen molar-refractivity contribution in [1.82, 2.24) is 0 Å². The van der Waals surface area contributed by atoms with E-state index in [0.29, 0.717) is 8.48 Å². The van der Waals surface area contributed by atoms with Crippen molar-refractivity contribution in [1.29, 1.82) is 0 Å². The third-order valence-corrected chi connectivity index (χ3v) is 6.02. The Labute approximate surface area is 107 Å². The van der Waals surface area contributed by atoms with Crippen LogP contribution < -0.4 is 0 Å². The molecule has 0 N–H and O–H groups in total. The fourth-order valence-corrected chi connectivity index (χ4v) is 4.01. The molecule has 0 saturated carbocycles. The third kappa shape index (κ3) is 4.83. The predicted octanol–water partition coefficient (Wildman–Crippen LogP) is 3.62. The number of hydrogen-bond acceptors (Lipinski definition) is 0. The maximum absolute atomic E-state index is 3.07. The summed E-state index contributed by atoms with van der Waals surface area (Å²) in [5, 5.41) is 0.427. The summed E-state index contributed by atoms with van der Waals surface area (Å²) in [5.41, 5.74) is 0. The second kappa shape index (κ2) is 6.08. The molecule has 0 radical (unpaired) electrons. The van der Waals surface area contributed by atoms with Crippen LogP contribution in [0.15, 0.2) is 0 Å². The Bertz CT molecular complexity index is 171. The van der Waals surface area contributed by atoms with Crippen LogP contribution in [0.25, 0.3) is 0 Å². The molecule has 0 saturated heterocycles. The average molecular weight is 326 g/mol. The highest BCUT2D eigenvalue weighted by Gasteiger charge is 2.34. The van der Waals surface area contributed by atoms with Gasteiger partial charge in [-0.15, -0.1) is 9.24 Å². The third-order valence-electron chi connectivity index (χ3n) is 3.14. The topological polar surface area (TPSA) is 0 Å². The first kappa shape index (κ1) is 15.2. The molecule has 0 nitrogen and oxygen atoms in total. The summed E-state index contributed by atoms with van der Waals surface area (Å²) in [4.78, 5) is 0. The van der Waals surface area contributed by atoms with E-state index in [1.807, 2.05) is 0 Å². The van der Waals surface area contributed by atoms with Crippen molar-refractivity contribution in [2.75, 3.05) is 0 Å². The molecule has 0 rings (SSSR count). The van der Waals surface area contributed by atoms with Crippen molar-refractivity contribution in [2.45, 2.75) is 61.9 Å². The summed E-state index contributed by atoms with van der Waals surface area (Å²) < 4.78 is 0.476. The van der Waals surface area contributed by atoms with Gasteiger partial charge in [0, 0.05) is 3.42 Å². The molecule has 84 valence electrons. The molecule has 0 aliphatic rings. The second-order valence-electron chi connectivity index (χ2n) is 5.12. The highest BCUT2D eigenvalue weighted by Crippen LogP contribution is 2.42. The van der Waals surface area contributed by atoms with Crippen LogP contribution in [-0.2, 0) is 0 Å². The molecule has 0 amide bonds. The number of alkyl halides is 1. The number of rotatable bonds is 6. The minimum absolute atomic E-state index is 0.427. The fourth-order valence-electron chi connectivity index (χ4n) is 2.07. The van der Waals surface area contributed by atoms with E-state index >= 15 is 0 Å². The molecule has 0 spiro atoms. The van der Waals surface area contributed by atoms with Crippen LogP contribution in [0.2, 0.25) is 0 Å². The van der Waals surface area contributed by atoms with E-state index in [-0.39, 0.29) is 0 Å². The highest BCUT2D eigenvalue weighted by molar-refractivity contribution is 14.1. The van der Waals surface area contributed by atoms with Gasteiger partial charge in [-0.1, -0.05) is 63.1 Å². The van der Waals surface area contributed by atoms with E-state index in [1.165, 1.54) is 25.7 Å². The highest BCUT2D eigenvalue weighted by atomic mass is 127. The van der Waals surface area contributed by atoms with Gasteiger partial charge in [0.1, 0.15) is 7.85 Å². The minimum atomic E-state index is 0.427. The molecule has 0 aliphatic heterocycles. The maximum atomic E-state index is 3.07. The van der Waals surface area contributed by atoms with Crippen molar-refractivity contribution in [2.24, 2.45) is 5.92 Å². The zero-order chi connectivity index (χ0) is 11.4. The second-order valence-corrected chi connectivity index (χ2v) is 8.67. The molecule has 3 heteroatoms. The van der Waals surface area contributed by atoms with Gasteiger partial charge in [-0.3, -0.25) is 0 Å². The zero-order valence-electron chi connectivity index (χ0n) is 10.4. The minimum Gasteiger partial charge on any atom is -0.139 e. The first-order chi connectivity index (χ1) is 6.27. The van der Waals surface area contributed by atoms with Crippen LogP contribution in [0.3, 0.4) is 0 Å².